The maximum absolute atomic E-state index is 12.3. The number of amides is 1. The minimum atomic E-state index is -0.139. The quantitative estimate of drug-likeness (QED) is 0.891. The number of fused-ring (bicyclic) bond motifs is 1. The molecule has 0 fully saturated rings. The molecule has 0 radical (unpaired) electrons. The third kappa shape index (κ3) is 3.67. The second kappa shape index (κ2) is 6.35. The van der Waals surface area contributed by atoms with Crippen LogP contribution in [-0.4, -0.2) is 35.5 Å². The first-order valence-corrected chi connectivity index (χ1v) is 8.10. The highest BCUT2D eigenvalue weighted by Gasteiger charge is 2.18. The van der Waals surface area contributed by atoms with Crippen LogP contribution in [0.3, 0.4) is 0 Å². The average molecular weight is 303 g/mol. The molecule has 0 saturated heterocycles. The summed E-state index contributed by atoms with van der Waals surface area (Å²) in [7, 11) is 1.85. The first-order chi connectivity index (χ1) is 9.96. The predicted molar refractivity (Wildman–Crippen MR) is 91.2 cm³/mol. The van der Waals surface area contributed by atoms with Gasteiger partial charge in [0.1, 0.15) is 5.69 Å². The molecule has 0 aliphatic rings. The number of nitrogens with one attached hydrogen (secondary N) is 2. The zero-order valence-corrected chi connectivity index (χ0v) is 13.7. The second-order valence-electron chi connectivity index (χ2n) is 5.47. The van der Waals surface area contributed by atoms with E-state index in [4.69, 9.17) is 0 Å². The largest absolute Gasteiger partial charge is 0.388 e. The summed E-state index contributed by atoms with van der Waals surface area (Å²) in [6, 6.07) is 9.59. The average Bonchev–Trinajstić information content (AvgIpc) is 2.51. The molecule has 1 aromatic carbocycles. The normalized spacial score (nSPS) is 11.4. The van der Waals surface area contributed by atoms with Crippen molar-refractivity contribution in [1.29, 1.82) is 0 Å². The Kier molecular flexibility index (Phi) is 4.73. The minimum Gasteiger partial charge on any atom is -0.388 e. The summed E-state index contributed by atoms with van der Waals surface area (Å²) in [4.78, 5) is 16.8. The summed E-state index contributed by atoms with van der Waals surface area (Å²) < 4.78 is 0.0122. The zero-order chi connectivity index (χ0) is 15.5. The number of para-hydroxylation sites is 1. The van der Waals surface area contributed by atoms with Crippen LogP contribution < -0.4 is 10.6 Å². The molecule has 1 heterocycles. The van der Waals surface area contributed by atoms with E-state index in [9.17, 15) is 4.79 Å². The van der Waals surface area contributed by atoms with Crippen LogP contribution >= 0.6 is 11.8 Å². The van der Waals surface area contributed by atoms with Gasteiger partial charge < -0.3 is 10.6 Å². The van der Waals surface area contributed by atoms with Crippen LogP contribution in [0.2, 0.25) is 0 Å². The molecule has 112 valence electrons. The smallest absolute Gasteiger partial charge is 0.270 e. The van der Waals surface area contributed by atoms with E-state index >= 15 is 0 Å². The van der Waals surface area contributed by atoms with Crippen molar-refractivity contribution in [3.8, 4) is 0 Å². The molecule has 0 bridgehead atoms. The third-order valence-electron chi connectivity index (χ3n) is 3.45. The van der Waals surface area contributed by atoms with E-state index in [0.29, 0.717) is 12.2 Å². The fourth-order valence-corrected chi connectivity index (χ4v) is 2.17. The molecule has 0 unspecified atom stereocenters. The number of nitrogens with zero attached hydrogens (tertiary/aromatic N) is 1. The molecule has 0 aliphatic heterocycles. The molecule has 21 heavy (non-hydrogen) atoms. The highest BCUT2D eigenvalue weighted by atomic mass is 32.2. The zero-order valence-electron chi connectivity index (χ0n) is 12.9. The molecule has 0 spiro atoms. The van der Waals surface area contributed by atoms with Gasteiger partial charge in [-0.1, -0.05) is 18.2 Å². The molecule has 0 atom stereocenters. The molecule has 4 nitrogen and oxygen atoms in total. The van der Waals surface area contributed by atoms with Gasteiger partial charge in [-0.15, -0.1) is 0 Å². The van der Waals surface area contributed by atoms with E-state index in [1.54, 1.807) is 17.8 Å². The van der Waals surface area contributed by atoms with Gasteiger partial charge in [0.25, 0.3) is 5.91 Å². The third-order valence-corrected chi connectivity index (χ3v) is 4.69. The molecule has 2 rings (SSSR count). The Balaban J connectivity index is 2.27. The number of aromatic nitrogens is 1. The van der Waals surface area contributed by atoms with E-state index < -0.39 is 0 Å². The Morgan fingerprint density at radius 3 is 2.71 bits per heavy atom. The minimum absolute atomic E-state index is 0.0122. The van der Waals surface area contributed by atoms with Crippen LogP contribution in [0.4, 0.5) is 5.69 Å². The molecule has 5 heteroatoms. The van der Waals surface area contributed by atoms with Gasteiger partial charge in [0.05, 0.1) is 5.52 Å². The van der Waals surface area contributed by atoms with Crippen molar-refractivity contribution < 1.29 is 4.79 Å². The summed E-state index contributed by atoms with van der Waals surface area (Å²) in [5.41, 5.74) is 2.17. The maximum atomic E-state index is 12.3. The molecular formula is C16H21N3OS. The van der Waals surface area contributed by atoms with E-state index in [1.165, 1.54) is 0 Å². The van der Waals surface area contributed by atoms with Crippen molar-refractivity contribution in [2.24, 2.45) is 0 Å². The number of pyridine rings is 1. The topological polar surface area (TPSA) is 54.0 Å². The lowest BCUT2D eigenvalue weighted by atomic mass is 10.1. The van der Waals surface area contributed by atoms with Gasteiger partial charge >= 0.3 is 0 Å². The maximum Gasteiger partial charge on any atom is 0.270 e. The number of benzene rings is 1. The van der Waals surface area contributed by atoms with Crippen LogP contribution in [0.5, 0.6) is 0 Å². The molecule has 2 aromatic rings. The van der Waals surface area contributed by atoms with Crippen molar-refractivity contribution in [2.75, 3.05) is 25.2 Å². The van der Waals surface area contributed by atoms with Crippen LogP contribution in [0, 0.1) is 0 Å². The predicted octanol–water partition coefficient (Wildman–Crippen LogP) is 3.15. The molecule has 2 N–H and O–H groups in total. The Bertz CT molecular complexity index is 655. The van der Waals surface area contributed by atoms with Crippen molar-refractivity contribution in [2.45, 2.75) is 18.6 Å². The van der Waals surface area contributed by atoms with Gasteiger partial charge in [-0.2, -0.15) is 11.8 Å². The second-order valence-corrected chi connectivity index (χ2v) is 6.98. The Hall–Kier alpha value is -1.75. The van der Waals surface area contributed by atoms with Crippen LogP contribution in [-0.2, 0) is 0 Å². The summed E-state index contributed by atoms with van der Waals surface area (Å²) in [5.74, 6) is -0.139. The van der Waals surface area contributed by atoms with Crippen molar-refractivity contribution >= 4 is 34.3 Å². The molecule has 1 amide bonds. The Morgan fingerprint density at radius 1 is 1.33 bits per heavy atom. The van der Waals surface area contributed by atoms with Gasteiger partial charge in [0, 0.05) is 29.4 Å². The van der Waals surface area contributed by atoms with Crippen LogP contribution in [0.15, 0.2) is 30.3 Å². The summed E-state index contributed by atoms with van der Waals surface area (Å²) in [5, 5.41) is 7.10. The number of rotatable bonds is 5. The fourth-order valence-electron chi connectivity index (χ4n) is 1.95. The fraction of sp³-hybridized carbons (Fsp3) is 0.375. The number of carbonyl (C=O) groups excluding carboxylic acids is 1. The molecule has 1 aromatic heterocycles. The monoisotopic (exact) mass is 303 g/mol. The summed E-state index contributed by atoms with van der Waals surface area (Å²) in [6.07, 6.45) is 2.04. The lowest BCUT2D eigenvalue weighted by Crippen LogP contribution is -2.36. The highest BCUT2D eigenvalue weighted by molar-refractivity contribution is 7.99. The first kappa shape index (κ1) is 15.6. The lowest BCUT2D eigenvalue weighted by Gasteiger charge is -2.22. The van der Waals surface area contributed by atoms with E-state index in [1.807, 2.05) is 37.6 Å². The lowest BCUT2D eigenvalue weighted by molar-refractivity contribution is 0.0946. The van der Waals surface area contributed by atoms with Crippen molar-refractivity contribution in [3.63, 3.8) is 0 Å². The van der Waals surface area contributed by atoms with Crippen molar-refractivity contribution in [1.82, 2.24) is 10.3 Å². The number of carbonyl (C=O) groups is 1. The van der Waals surface area contributed by atoms with Gasteiger partial charge in [-0.3, -0.25) is 4.79 Å². The van der Waals surface area contributed by atoms with Crippen LogP contribution in [0.25, 0.3) is 10.9 Å². The van der Waals surface area contributed by atoms with E-state index in [0.717, 1.165) is 16.6 Å². The highest BCUT2D eigenvalue weighted by Crippen LogP contribution is 2.23. The first-order valence-electron chi connectivity index (χ1n) is 6.88. The Morgan fingerprint density at radius 2 is 2.05 bits per heavy atom. The van der Waals surface area contributed by atoms with Gasteiger partial charge in [0.15, 0.2) is 0 Å². The van der Waals surface area contributed by atoms with E-state index in [-0.39, 0.29) is 10.7 Å². The van der Waals surface area contributed by atoms with Gasteiger partial charge in [-0.05, 0) is 32.2 Å². The summed E-state index contributed by atoms with van der Waals surface area (Å²) >= 11 is 1.73. The van der Waals surface area contributed by atoms with E-state index in [2.05, 4.69) is 29.5 Å². The molecule has 0 aliphatic carbocycles. The molecular weight excluding hydrogens is 282 g/mol. The van der Waals surface area contributed by atoms with Gasteiger partial charge in [-0.25, -0.2) is 4.98 Å². The standard InChI is InChI=1S/C16H21N3OS/c1-16(2,21-4)10-18-15(20)14-9-13(17-3)11-7-5-6-8-12(11)19-14/h5-9H,10H2,1-4H3,(H,17,19)(H,18,20). The Labute approximate surface area is 129 Å². The van der Waals surface area contributed by atoms with Gasteiger partial charge in [0.2, 0.25) is 0 Å². The number of hydrogen-bond donors (Lipinski definition) is 2. The number of hydrogen-bond acceptors (Lipinski definition) is 4. The molecule has 0 saturated carbocycles. The number of anilines is 1. The summed E-state index contributed by atoms with van der Waals surface area (Å²) in [6.45, 7) is 4.81. The SMILES string of the molecule is CNc1cc(C(=O)NCC(C)(C)SC)nc2ccccc12. The van der Waals surface area contributed by atoms with Crippen LogP contribution in [0.1, 0.15) is 24.3 Å². The number of thioether (sulfide) groups is 1. The van der Waals surface area contributed by atoms with Crippen molar-refractivity contribution in [3.05, 3.63) is 36.0 Å².